The van der Waals surface area contributed by atoms with E-state index in [1.165, 1.54) is 12.1 Å². The second kappa shape index (κ2) is 6.06. The molecule has 0 heterocycles. The van der Waals surface area contributed by atoms with Gasteiger partial charge in [-0.05, 0) is 60.4 Å². The molecule has 0 amide bonds. The zero-order chi connectivity index (χ0) is 14.7. The maximum atomic E-state index is 13.1. The highest BCUT2D eigenvalue weighted by Gasteiger charge is 2.12. The van der Waals surface area contributed by atoms with Gasteiger partial charge in [-0.3, -0.25) is 0 Å². The van der Waals surface area contributed by atoms with Crippen molar-refractivity contribution >= 4 is 0 Å². The smallest absolute Gasteiger partial charge is 0.123 e. The number of benzene rings is 2. The van der Waals surface area contributed by atoms with Crippen LogP contribution in [0.15, 0.2) is 36.4 Å². The van der Waals surface area contributed by atoms with Gasteiger partial charge in [0.25, 0.3) is 0 Å². The van der Waals surface area contributed by atoms with Gasteiger partial charge in [0.05, 0.1) is 13.2 Å². The normalized spacial score (nSPS) is 12.2. The van der Waals surface area contributed by atoms with E-state index in [4.69, 9.17) is 4.74 Å². The summed E-state index contributed by atoms with van der Waals surface area (Å²) in [5.74, 6) is 0.556. The first-order valence-corrected chi connectivity index (χ1v) is 6.59. The van der Waals surface area contributed by atoms with Gasteiger partial charge in [0.1, 0.15) is 11.6 Å². The lowest BCUT2D eigenvalue weighted by Gasteiger charge is -2.15. The molecule has 1 atom stereocenters. The molecule has 0 aliphatic heterocycles. The van der Waals surface area contributed by atoms with Crippen LogP contribution in [0.1, 0.15) is 28.4 Å². The standard InChI is InChI=1S/C17H19FO2/c1-11-9-15(18)6-4-13(11)10-16(19)14-5-7-17(20-3)12(2)8-14/h4-9,16,19H,10H2,1-3H3. The maximum absolute atomic E-state index is 13.1. The number of aryl methyl sites for hydroxylation is 2. The third-order valence-corrected chi connectivity index (χ3v) is 3.52. The molecule has 0 spiro atoms. The minimum atomic E-state index is -0.608. The summed E-state index contributed by atoms with van der Waals surface area (Å²) < 4.78 is 18.3. The molecule has 20 heavy (non-hydrogen) atoms. The molecule has 0 aromatic heterocycles. The van der Waals surface area contributed by atoms with Crippen molar-refractivity contribution < 1.29 is 14.2 Å². The highest BCUT2D eigenvalue weighted by molar-refractivity contribution is 5.38. The fourth-order valence-electron chi connectivity index (χ4n) is 2.32. The van der Waals surface area contributed by atoms with E-state index in [1.807, 2.05) is 32.0 Å². The molecule has 106 valence electrons. The SMILES string of the molecule is COc1ccc(C(O)Cc2ccc(F)cc2C)cc1C. The average Bonchev–Trinajstić information content (AvgIpc) is 2.41. The summed E-state index contributed by atoms with van der Waals surface area (Å²) in [6.07, 6.45) is -0.138. The maximum Gasteiger partial charge on any atom is 0.123 e. The Kier molecular flexibility index (Phi) is 4.40. The molecule has 0 saturated heterocycles. The first-order chi connectivity index (χ1) is 9.51. The van der Waals surface area contributed by atoms with E-state index in [0.717, 1.165) is 28.0 Å². The Morgan fingerprint density at radius 2 is 1.85 bits per heavy atom. The van der Waals surface area contributed by atoms with Crippen LogP contribution >= 0.6 is 0 Å². The number of methoxy groups -OCH3 is 1. The summed E-state index contributed by atoms with van der Waals surface area (Å²) in [5.41, 5.74) is 3.63. The Labute approximate surface area is 118 Å². The van der Waals surface area contributed by atoms with Crippen LogP contribution in [0, 0.1) is 19.7 Å². The van der Waals surface area contributed by atoms with Gasteiger partial charge in [-0.1, -0.05) is 12.1 Å². The summed E-state index contributed by atoms with van der Waals surface area (Å²) in [4.78, 5) is 0. The Morgan fingerprint density at radius 1 is 1.10 bits per heavy atom. The molecular weight excluding hydrogens is 255 g/mol. The number of ether oxygens (including phenoxy) is 1. The molecule has 0 saturated carbocycles. The molecule has 2 rings (SSSR count). The number of halogens is 1. The van der Waals surface area contributed by atoms with Crippen molar-refractivity contribution in [2.24, 2.45) is 0 Å². The van der Waals surface area contributed by atoms with E-state index < -0.39 is 6.10 Å². The average molecular weight is 274 g/mol. The Morgan fingerprint density at radius 3 is 2.45 bits per heavy atom. The van der Waals surface area contributed by atoms with Crippen LogP contribution in [-0.4, -0.2) is 12.2 Å². The Bertz CT molecular complexity index is 608. The van der Waals surface area contributed by atoms with E-state index in [0.29, 0.717) is 6.42 Å². The molecule has 0 aliphatic rings. The monoisotopic (exact) mass is 274 g/mol. The van der Waals surface area contributed by atoms with Gasteiger partial charge in [-0.2, -0.15) is 0 Å². The van der Waals surface area contributed by atoms with Gasteiger partial charge in [0, 0.05) is 6.42 Å². The van der Waals surface area contributed by atoms with Gasteiger partial charge < -0.3 is 9.84 Å². The number of aliphatic hydroxyl groups is 1. The predicted octanol–water partition coefficient (Wildman–Crippen LogP) is 3.73. The topological polar surface area (TPSA) is 29.5 Å². The largest absolute Gasteiger partial charge is 0.496 e. The summed E-state index contributed by atoms with van der Waals surface area (Å²) in [6, 6.07) is 10.3. The fourth-order valence-corrected chi connectivity index (χ4v) is 2.32. The van der Waals surface area contributed by atoms with Crippen molar-refractivity contribution in [3.63, 3.8) is 0 Å². The van der Waals surface area contributed by atoms with Crippen molar-refractivity contribution in [2.75, 3.05) is 7.11 Å². The van der Waals surface area contributed by atoms with E-state index >= 15 is 0 Å². The zero-order valence-electron chi connectivity index (χ0n) is 12.0. The lowest BCUT2D eigenvalue weighted by Crippen LogP contribution is -2.04. The Balaban J connectivity index is 2.19. The van der Waals surface area contributed by atoms with Crippen LogP contribution in [0.4, 0.5) is 4.39 Å². The van der Waals surface area contributed by atoms with Crippen molar-refractivity contribution in [1.29, 1.82) is 0 Å². The number of hydrogen-bond donors (Lipinski definition) is 1. The van der Waals surface area contributed by atoms with Crippen molar-refractivity contribution in [2.45, 2.75) is 26.4 Å². The van der Waals surface area contributed by atoms with E-state index in [2.05, 4.69) is 0 Å². The molecular formula is C17H19FO2. The number of rotatable bonds is 4. The van der Waals surface area contributed by atoms with Crippen LogP contribution in [0.2, 0.25) is 0 Å². The molecule has 2 aromatic rings. The third kappa shape index (κ3) is 3.17. The lowest BCUT2D eigenvalue weighted by atomic mass is 9.97. The highest BCUT2D eigenvalue weighted by Crippen LogP contribution is 2.25. The first kappa shape index (κ1) is 14.5. The van der Waals surface area contributed by atoms with Gasteiger partial charge in [0.15, 0.2) is 0 Å². The van der Waals surface area contributed by atoms with Crippen molar-refractivity contribution in [3.05, 3.63) is 64.5 Å². The van der Waals surface area contributed by atoms with Gasteiger partial charge in [-0.25, -0.2) is 4.39 Å². The second-order valence-corrected chi connectivity index (χ2v) is 5.02. The quantitative estimate of drug-likeness (QED) is 0.920. The van der Waals surface area contributed by atoms with Crippen LogP contribution in [0.3, 0.4) is 0 Å². The van der Waals surface area contributed by atoms with E-state index in [-0.39, 0.29) is 5.82 Å². The van der Waals surface area contributed by atoms with Crippen LogP contribution in [0.25, 0.3) is 0 Å². The van der Waals surface area contributed by atoms with Crippen molar-refractivity contribution in [1.82, 2.24) is 0 Å². The Hall–Kier alpha value is -1.87. The van der Waals surface area contributed by atoms with Gasteiger partial charge in [-0.15, -0.1) is 0 Å². The van der Waals surface area contributed by atoms with Gasteiger partial charge >= 0.3 is 0 Å². The fraction of sp³-hybridized carbons (Fsp3) is 0.294. The summed E-state index contributed by atoms with van der Waals surface area (Å²) in [6.45, 7) is 3.79. The third-order valence-electron chi connectivity index (χ3n) is 3.52. The summed E-state index contributed by atoms with van der Waals surface area (Å²) in [7, 11) is 1.63. The van der Waals surface area contributed by atoms with Crippen LogP contribution in [0.5, 0.6) is 5.75 Å². The zero-order valence-corrected chi connectivity index (χ0v) is 12.0. The molecule has 2 aromatic carbocycles. The minimum absolute atomic E-state index is 0.249. The molecule has 0 aliphatic carbocycles. The van der Waals surface area contributed by atoms with Gasteiger partial charge in [0.2, 0.25) is 0 Å². The van der Waals surface area contributed by atoms with Crippen molar-refractivity contribution in [3.8, 4) is 5.75 Å². The molecule has 1 N–H and O–H groups in total. The second-order valence-electron chi connectivity index (χ2n) is 5.02. The first-order valence-electron chi connectivity index (χ1n) is 6.59. The summed E-state index contributed by atoms with van der Waals surface area (Å²) >= 11 is 0. The number of aliphatic hydroxyl groups excluding tert-OH is 1. The molecule has 0 radical (unpaired) electrons. The molecule has 2 nitrogen and oxygen atoms in total. The molecule has 0 fully saturated rings. The molecule has 3 heteroatoms. The van der Waals surface area contributed by atoms with Crippen LogP contribution in [-0.2, 0) is 6.42 Å². The minimum Gasteiger partial charge on any atom is -0.496 e. The van der Waals surface area contributed by atoms with Crippen LogP contribution < -0.4 is 4.74 Å². The molecule has 1 unspecified atom stereocenters. The van der Waals surface area contributed by atoms with E-state index in [1.54, 1.807) is 13.2 Å². The molecule has 0 bridgehead atoms. The number of hydrogen-bond acceptors (Lipinski definition) is 2. The summed E-state index contributed by atoms with van der Waals surface area (Å²) in [5, 5.41) is 10.3. The van der Waals surface area contributed by atoms with E-state index in [9.17, 15) is 9.50 Å². The predicted molar refractivity (Wildman–Crippen MR) is 77.5 cm³/mol. The lowest BCUT2D eigenvalue weighted by molar-refractivity contribution is 0.178. The highest BCUT2D eigenvalue weighted by atomic mass is 19.1.